The van der Waals surface area contributed by atoms with Crippen LogP contribution in [0.5, 0.6) is 0 Å². The number of aliphatic carboxylic acids is 1. The molecule has 0 aromatic carbocycles. The summed E-state index contributed by atoms with van der Waals surface area (Å²) in [6.45, 7) is 5.61. The number of hydrogen-bond donors (Lipinski definition) is 1. The van der Waals surface area contributed by atoms with Crippen LogP contribution in [-0.4, -0.2) is 34.4 Å². The Morgan fingerprint density at radius 2 is 2.12 bits per heavy atom. The van der Waals surface area contributed by atoms with Crippen molar-refractivity contribution < 1.29 is 9.90 Å². The lowest BCUT2D eigenvalue weighted by Crippen LogP contribution is -2.31. The molecule has 1 aromatic heterocycles. The molecular weight excluding hydrogens is 220 g/mol. The van der Waals surface area contributed by atoms with Gasteiger partial charge in [-0.25, -0.2) is 0 Å². The van der Waals surface area contributed by atoms with E-state index >= 15 is 0 Å². The fourth-order valence-electron chi connectivity index (χ4n) is 1.45. The molecule has 0 aliphatic carbocycles. The third-order valence-electron chi connectivity index (χ3n) is 2.56. The number of rotatable bonds is 4. The third-order valence-corrected chi connectivity index (χ3v) is 2.56. The molecule has 1 rings (SSSR count). The highest BCUT2D eigenvalue weighted by Crippen LogP contribution is 2.20. The molecule has 1 heterocycles. The quantitative estimate of drug-likeness (QED) is 0.831. The molecule has 1 N–H and O–H groups in total. The van der Waals surface area contributed by atoms with E-state index in [0.29, 0.717) is 23.6 Å². The normalized spacial score (nSPS) is 9.76. The van der Waals surface area contributed by atoms with Gasteiger partial charge in [-0.15, -0.1) is 5.10 Å². The predicted molar refractivity (Wildman–Crippen MR) is 61.7 cm³/mol. The molecule has 6 heteroatoms. The van der Waals surface area contributed by atoms with Gasteiger partial charge < -0.3 is 10.0 Å². The minimum Gasteiger partial charge on any atom is -0.480 e. The number of nitriles is 1. The summed E-state index contributed by atoms with van der Waals surface area (Å²) in [5.41, 5.74) is 1.80. The van der Waals surface area contributed by atoms with Crippen LogP contribution in [0.4, 0.5) is 5.82 Å². The summed E-state index contributed by atoms with van der Waals surface area (Å²) in [6, 6.07) is 2.06. The van der Waals surface area contributed by atoms with Gasteiger partial charge in [-0.3, -0.25) is 4.79 Å². The minimum atomic E-state index is -0.962. The third kappa shape index (κ3) is 2.69. The van der Waals surface area contributed by atoms with Gasteiger partial charge in [0.2, 0.25) is 0 Å². The van der Waals surface area contributed by atoms with Crippen LogP contribution in [-0.2, 0) is 4.79 Å². The molecule has 0 saturated heterocycles. The van der Waals surface area contributed by atoms with Gasteiger partial charge in [-0.2, -0.15) is 10.4 Å². The first kappa shape index (κ1) is 12.9. The zero-order valence-electron chi connectivity index (χ0n) is 10.1. The molecule has 0 radical (unpaired) electrons. The van der Waals surface area contributed by atoms with Crippen molar-refractivity contribution in [3.05, 3.63) is 16.8 Å². The van der Waals surface area contributed by atoms with Gasteiger partial charge in [0.25, 0.3) is 0 Å². The number of carboxylic acid groups (broad SMARTS) is 1. The van der Waals surface area contributed by atoms with E-state index in [-0.39, 0.29) is 6.54 Å². The first-order chi connectivity index (χ1) is 8.01. The van der Waals surface area contributed by atoms with Crippen LogP contribution in [0.1, 0.15) is 23.7 Å². The van der Waals surface area contributed by atoms with Crippen molar-refractivity contribution in [1.82, 2.24) is 10.2 Å². The lowest BCUT2D eigenvalue weighted by atomic mass is 10.1. The van der Waals surface area contributed by atoms with Gasteiger partial charge >= 0.3 is 5.97 Å². The molecule has 0 unspecified atom stereocenters. The van der Waals surface area contributed by atoms with Crippen LogP contribution < -0.4 is 4.90 Å². The Morgan fingerprint density at radius 1 is 1.47 bits per heavy atom. The van der Waals surface area contributed by atoms with Crippen LogP contribution in [0.25, 0.3) is 0 Å². The van der Waals surface area contributed by atoms with E-state index in [0.717, 1.165) is 5.56 Å². The standard InChI is InChI=1S/C11H14N4O2/c1-4-15(6-10(16)17)11-9(5-12)7(2)8(3)13-14-11/h4,6H2,1-3H3,(H,16,17). The smallest absolute Gasteiger partial charge is 0.323 e. The molecule has 0 aliphatic rings. The minimum absolute atomic E-state index is 0.192. The van der Waals surface area contributed by atoms with Crippen molar-refractivity contribution in [3.63, 3.8) is 0 Å². The number of carbonyl (C=O) groups is 1. The number of aromatic nitrogens is 2. The monoisotopic (exact) mass is 234 g/mol. The van der Waals surface area contributed by atoms with Crippen molar-refractivity contribution in [1.29, 1.82) is 5.26 Å². The Labute approximate surface area is 99.5 Å². The van der Waals surface area contributed by atoms with Crippen molar-refractivity contribution in [2.24, 2.45) is 0 Å². The van der Waals surface area contributed by atoms with Gasteiger partial charge in [0, 0.05) is 6.54 Å². The van der Waals surface area contributed by atoms with Gasteiger partial charge in [-0.1, -0.05) is 0 Å². The summed E-state index contributed by atoms with van der Waals surface area (Å²) >= 11 is 0. The average Bonchev–Trinajstić information content (AvgIpc) is 2.29. The van der Waals surface area contributed by atoms with Crippen molar-refractivity contribution >= 4 is 11.8 Å². The molecule has 0 bridgehead atoms. The predicted octanol–water partition coefficient (Wildman–Crippen LogP) is 0.876. The summed E-state index contributed by atoms with van der Waals surface area (Å²) < 4.78 is 0. The van der Waals surface area contributed by atoms with Crippen LogP contribution >= 0.6 is 0 Å². The molecule has 0 fully saturated rings. The highest BCUT2D eigenvalue weighted by Gasteiger charge is 2.17. The zero-order valence-corrected chi connectivity index (χ0v) is 10.1. The maximum Gasteiger partial charge on any atom is 0.323 e. The average molecular weight is 234 g/mol. The molecule has 0 atom stereocenters. The Morgan fingerprint density at radius 3 is 2.59 bits per heavy atom. The second-order valence-electron chi connectivity index (χ2n) is 3.63. The van der Waals surface area contributed by atoms with E-state index < -0.39 is 5.97 Å². The number of likely N-dealkylation sites (N-methyl/N-ethyl adjacent to an activating group) is 1. The highest BCUT2D eigenvalue weighted by molar-refractivity contribution is 5.74. The van der Waals surface area contributed by atoms with E-state index in [9.17, 15) is 4.79 Å². The van der Waals surface area contributed by atoms with Crippen molar-refractivity contribution in [2.45, 2.75) is 20.8 Å². The van der Waals surface area contributed by atoms with Gasteiger partial charge in [0.05, 0.1) is 5.69 Å². The Kier molecular flexibility index (Phi) is 3.99. The number of hydrogen-bond acceptors (Lipinski definition) is 5. The largest absolute Gasteiger partial charge is 0.480 e. The van der Waals surface area contributed by atoms with E-state index in [1.54, 1.807) is 20.8 Å². The van der Waals surface area contributed by atoms with Crippen molar-refractivity contribution in [2.75, 3.05) is 18.0 Å². The lowest BCUT2D eigenvalue weighted by Gasteiger charge is -2.20. The lowest BCUT2D eigenvalue weighted by molar-refractivity contribution is -0.135. The van der Waals surface area contributed by atoms with Gasteiger partial charge in [0.1, 0.15) is 18.2 Å². The summed E-state index contributed by atoms with van der Waals surface area (Å²) in [5, 5.41) is 25.8. The van der Waals surface area contributed by atoms with Crippen LogP contribution in [0.2, 0.25) is 0 Å². The Balaban J connectivity index is 3.25. The molecule has 17 heavy (non-hydrogen) atoms. The van der Waals surface area contributed by atoms with Crippen LogP contribution in [0, 0.1) is 25.2 Å². The number of nitrogens with zero attached hydrogens (tertiary/aromatic N) is 4. The summed E-state index contributed by atoms with van der Waals surface area (Å²) in [7, 11) is 0. The fourth-order valence-corrected chi connectivity index (χ4v) is 1.45. The Bertz CT molecular complexity index is 479. The van der Waals surface area contributed by atoms with Gasteiger partial charge in [0.15, 0.2) is 5.82 Å². The fraction of sp³-hybridized carbons (Fsp3) is 0.455. The van der Waals surface area contributed by atoms with E-state index in [2.05, 4.69) is 16.3 Å². The van der Waals surface area contributed by atoms with Crippen LogP contribution in [0.3, 0.4) is 0 Å². The number of anilines is 1. The Hall–Kier alpha value is -2.16. The van der Waals surface area contributed by atoms with Crippen molar-refractivity contribution in [3.8, 4) is 6.07 Å². The molecule has 6 nitrogen and oxygen atoms in total. The molecule has 0 amide bonds. The maximum absolute atomic E-state index is 10.7. The molecule has 0 aliphatic heterocycles. The maximum atomic E-state index is 10.7. The number of carboxylic acids is 1. The zero-order chi connectivity index (χ0) is 13.0. The summed E-state index contributed by atoms with van der Waals surface area (Å²) in [4.78, 5) is 12.2. The molecule has 0 saturated carbocycles. The van der Waals surface area contributed by atoms with Crippen LogP contribution in [0.15, 0.2) is 0 Å². The molecule has 90 valence electrons. The summed E-state index contributed by atoms with van der Waals surface area (Å²) in [6.07, 6.45) is 0. The summed E-state index contributed by atoms with van der Waals surface area (Å²) in [5.74, 6) is -0.628. The highest BCUT2D eigenvalue weighted by atomic mass is 16.4. The first-order valence-electron chi connectivity index (χ1n) is 5.22. The van der Waals surface area contributed by atoms with Gasteiger partial charge in [-0.05, 0) is 26.3 Å². The molecule has 0 spiro atoms. The molecule has 1 aromatic rings. The van der Waals surface area contributed by atoms with E-state index in [4.69, 9.17) is 10.4 Å². The first-order valence-corrected chi connectivity index (χ1v) is 5.22. The topological polar surface area (TPSA) is 90.1 Å². The second kappa shape index (κ2) is 5.25. The second-order valence-corrected chi connectivity index (χ2v) is 3.63. The molecular formula is C11H14N4O2. The van der Waals surface area contributed by atoms with E-state index in [1.165, 1.54) is 4.90 Å². The van der Waals surface area contributed by atoms with E-state index in [1.807, 2.05) is 0 Å². The number of aryl methyl sites for hydroxylation is 1. The SMILES string of the molecule is CCN(CC(=O)O)c1nnc(C)c(C)c1C#N.